The highest BCUT2D eigenvalue weighted by Gasteiger charge is 2.32. The van der Waals surface area contributed by atoms with Crippen LogP contribution in [0.5, 0.6) is 5.75 Å². The Morgan fingerprint density at radius 3 is 2.32 bits per heavy atom. The fourth-order valence-electron chi connectivity index (χ4n) is 3.46. The smallest absolute Gasteiger partial charge is 0.420 e. The summed E-state index contributed by atoms with van der Waals surface area (Å²) in [6, 6.07) is 6.87. The molecule has 0 unspecified atom stereocenters. The molecular formula is C22H20ClF2N5O4. The van der Waals surface area contributed by atoms with E-state index in [0.717, 1.165) is 0 Å². The van der Waals surface area contributed by atoms with Gasteiger partial charge in [-0.2, -0.15) is 0 Å². The molecule has 178 valence electrons. The van der Waals surface area contributed by atoms with Crippen molar-refractivity contribution in [1.29, 1.82) is 0 Å². The Bertz CT molecular complexity index is 1170. The summed E-state index contributed by atoms with van der Waals surface area (Å²) >= 11 is 4.75. The van der Waals surface area contributed by atoms with E-state index in [9.17, 15) is 23.8 Å². The third-order valence-electron chi connectivity index (χ3n) is 5.13. The maximum atomic E-state index is 12.9. The molecule has 3 N–H and O–H groups in total. The van der Waals surface area contributed by atoms with Gasteiger partial charge in [-0.05, 0) is 37.3 Å². The van der Waals surface area contributed by atoms with E-state index in [1.165, 1.54) is 30.5 Å². The summed E-state index contributed by atoms with van der Waals surface area (Å²) < 4.78 is 29.8. The summed E-state index contributed by atoms with van der Waals surface area (Å²) in [6.07, 6.45) is 2.72. The highest BCUT2D eigenvalue weighted by atomic mass is 35.5. The van der Waals surface area contributed by atoms with Gasteiger partial charge < -0.3 is 25.2 Å². The number of nitrogens with zero attached hydrogens (tertiary/aromatic N) is 4. The zero-order valence-electron chi connectivity index (χ0n) is 17.8. The number of aliphatic hydroxyl groups excluding tert-OH is 2. The molecule has 0 bridgehead atoms. The first kappa shape index (κ1) is 23.7. The summed E-state index contributed by atoms with van der Waals surface area (Å²) in [5, 5.41) is 22.6. The number of aromatic nitrogens is 3. The third-order valence-corrected chi connectivity index (χ3v) is 5.20. The summed E-state index contributed by atoms with van der Waals surface area (Å²) in [5.41, 5.74) is -2.14. The molecule has 1 aliphatic heterocycles. The highest BCUT2D eigenvalue weighted by Crippen LogP contribution is 2.32. The molecule has 34 heavy (non-hydrogen) atoms. The first-order chi connectivity index (χ1) is 16.1. The van der Waals surface area contributed by atoms with Gasteiger partial charge in [0.1, 0.15) is 17.4 Å². The van der Waals surface area contributed by atoms with Crippen molar-refractivity contribution in [3.05, 3.63) is 60.3 Å². The fraction of sp³-hybridized carbons (Fsp3) is 0.273. The molecule has 1 aliphatic rings. The second-order valence-corrected chi connectivity index (χ2v) is 8.12. The monoisotopic (exact) mass is 491 g/mol. The number of anilines is 2. The number of hydrogen-bond acceptors (Lipinski definition) is 8. The number of aryl methyl sites for hydroxylation is 1. The van der Waals surface area contributed by atoms with Gasteiger partial charge in [0.25, 0.3) is 5.91 Å². The maximum Gasteiger partial charge on any atom is 0.487 e. The standard InChI is InChI=1S/C22H20ClF2N5O4/c1-12-26-8-14(9-27-12)17-6-13(7-28-20(17)30-10-18(31)19(32)11-30)21(33)29-15-2-4-16(5-3-15)34-22(23,24)25/h2-9,18-19,31-32H,10-11H2,1H3,(H,29,33)/t18-,19-/m0/s1. The van der Waals surface area contributed by atoms with Crippen molar-refractivity contribution in [3.8, 4) is 16.9 Å². The molecule has 0 radical (unpaired) electrons. The first-order valence-electron chi connectivity index (χ1n) is 10.2. The number of aliphatic hydroxyl groups is 2. The molecule has 4 rings (SSSR count). The zero-order valence-corrected chi connectivity index (χ0v) is 18.6. The molecule has 1 fully saturated rings. The van der Waals surface area contributed by atoms with Gasteiger partial charge in [-0.15, -0.1) is 8.78 Å². The Labute approximate surface area is 198 Å². The zero-order chi connectivity index (χ0) is 24.5. The molecule has 9 nitrogen and oxygen atoms in total. The largest absolute Gasteiger partial charge is 0.487 e. The second-order valence-electron chi connectivity index (χ2n) is 7.68. The minimum absolute atomic E-state index is 0.166. The van der Waals surface area contributed by atoms with Crippen LogP contribution in [-0.4, -0.2) is 61.9 Å². The average Bonchev–Trinajstić information content (AvgIpc) is 3.12. The molecule has 12 heteroatoms. The number of hydrogen-bond donors (Lipinski definition) is 3. The molecular weight excluding hydrogens is 472 g/mol. The van der Waals surface area contributed by atoms with E-state index in [-0.39, 0.29) is 24.4 Å². The quantitative estimate of drug-likeness (QED) is 0.450. The normalized spacial score (nSPS) is 18.1. The number of amides is 1. The van der Waals surface area contributed by atoms with Crippen LogP contribution in [0.3, 0.4) is 0 Å². The number of benzene rings is 1. The molecule has 3 aromatic rings. The van der Waals surface area contributed by atoms with Crippen molar-refractivity contribution in [2.45, 2.75) is 24.7 Å². The Morgan fingerprint density at radius 1 is 1.12 bits per heavy atom. The lowest BCUT2D eigenvalue weighted by Crippen LogP contribution is -2.23. The number of alkyl halides is 3. The van der Waals surface area contributed by atoms with E-state index in [2.05, 4.69) is 25.0 Å². The van der Waals surface area contributed by atoms with E-state index in [0.29, 0.717) is 28.5 Å². The van der Waals surface area contributed by atoms with Gasteiger partial charge in [-0.25, -0.2) is 15.0 Å². The predicted molar refractivity (Wildman–Crippen MR) is 120 cm³/mol. The fourth-order valence-corrected chi connectivity index (χ4v) is 3.55. The summed E-state index contributed by atoms with van der Waals surface area (Å²) in [7, 11) is 0. The molecule has 1 aromatic carbocycles. The summed E-state index contributed by atoms with van der Waals surface area (Å²) in [6.45, 7) is 2.09. The molecule has 3 heterocycles. The molecule has 1 amide bonds. The van der Waals surface area contributed by atoms with Crippen LogP contribution in [0.25, 0.3) is 11.1 Å². The van der Waals surface area contributed by atoms with Gasteiger partial charge >= 0.3 is 5.57 Å². The van der Waals surface area contributed by atoms with Gasteiger partial charge in [0, 0.05) is 60.1 Å². The highest BCUT2D eigenvalue weighted by molar-refractivity contribution is 6.20. The lowest BCUT2D eigenvalue weighted by atomic mass is 10.1. The van der Waals surface area contributed by atoms with Crippen LogP contribution in [0.4, 0.5) is 20.3 Å². The molecule has 1 saturated heterocycles. The van der Waals surface area contributed by atoms with Crippen molar-refractivity contribution < 1.29 is 28.5 Å². The van der Waals surface area contributed by atoms with Crippen LogP contribution in [0.15, 0.2) is 48.9 Å². The Hall–Kier alpha value is -3.41. The number of ether oxygens (including phenoxy) is 1. The predicted octanol–water partition coefficient (Wildman–Crippen LogP) is 2.81. The van der Waals surface area contributed by atoms with Gasteiger partial charge in [0.05, 0.1) is 17.8 Å². The third kappa shape index (κ3) is 5.56. The minimum Gasteiger partial charge on any atom is -0.420 e. The maximum absolute atomic E-state index is 12.9. The van der Waals surface area contributed by atoms with E-state index in [1.807, 2.05) is 0 Å². The lowest BCUT2D eigenvalue weighted by molar-refractivity contribution is -0.0964. The SMILES string of the molecule is Cc1ncc(-c2cc(C(=O)Nc3ccc(OC(F)(F)Cl)cc3)cnc2N2C[C@H](O)[C@@H](O)C2)cn1. The summed E-state index contributed by atoms with van der Waals surface area (Å²) in [4.78, 5) is 27.4. The van der Waals surface area contributed by atoms with Gasteiger partial charge in [0.15, 0.2) is 0 Å². The lowest BCUT2D eigenvalue weighted by Gasteiger charge is -2.20. The number of rotatable bonds is 6. The number of carbonyl (C=O) groups is 1. The average molecular weight is 492 g/mol. The second kappa shape index (κ2) is 9.45. The van der Waals surface area contributed by atoms with E-state index >= 15 is 0 Å². The first-order valence-corrected chi connectivity index (χ1v) is 10.5. The van der Waals surface area contributed by atoms with Crippen LogP contribution in [0.1, 0.15) is 16.2 Å². The minimum atomic E-state index is -3.84. The Morgan fingerprint density at radius 2 is 1.74 bits per heavy atom. The van der Waals surface area contributed by atoms with Crippen LogP contribution >= 0.6 is 11.6 Å². The van der Waals surface area contributed by atoms with Gasteiger partial charge in [0.2, 0.25) is 0 Å². The molecule has 0 saturated carbocycles. The van der Waals surface area contributed by atoms with E-state index < -0.39 is 23.7 Å². The van der Waals surface area contributed by atoms with Crippen molar-refractivity contribution in [2.24, 2.45) is 0 Å². The van der Waals surface area contributed by atoms with Crippen molar-refractivity contribution in [3.63, 3.8) is 0 Å². The van der Waals surface area contributed by atoms with Crippen molar-refractivity contribution >= 4 is 29.0 Å². The number of pyridine rings is 1. The number of halogens is 3. The molecule has 2 atom stereocenters. The summed E-state index contributed by atoms with van der Waals surface area (Å²) in [5.74, 6) is 0.369. The van der Waals surface area contributed by atoms with Gasteiger partial charge in [-0.3, -0.25) is 4.79 Å². The Balaban J connectivity index is 1.60. The number of carbonyl (C=O) groups excluding carboxylic acids is 1. The van der Waals surface area contributed by atoms with E-state index in [4.69, 9.17) is 11.6 Å². The number of β-amino-alcohol motifs (C(OH)–C–C–N with tert-alkyl or cyclic N) is 2. The van der Waals surface area contributed by atoms with Crippen LogP contribution < -0.4 is 15.0 Å². The molecule has 0 spiro atoms. The van der Waals surface area contributed by atoms with Crippen LogP contribution in [0, 0.1) is 6.92 Å². The molecule has 0 aliphatic carbocycles. The van der Waals surface area contributed by atoms with Crippen molar-refractivity contribution in [1.82, 2.24) is 15.0 Å². The topological polar surface area (TPSA) is 121 Å². The molecule has 2 aromatic heterocycles. The van der Waals surface area contributed by atoms with Gasteiger partial charge in [-0.1, -0.05) is 0 Å². The Kier molecular flexibility index (Phi) is 6.60. The number of nitrogens with one attached hydrogen (secondary N) is 1. The van der Waals surface area contributed by atoms with Crippen LogP contribution in [0.2, 0.25) is 0 Å². The van der Waals surface area contributed by atoms with Crippen molar-refractivity contribution in [2.75, 3.05) is 23.3 Å². The van der Waals surface area contributed by atoms with E-state index in [1.54, 1.807) is 30.3 Å². The van der Waals surface area contributed by atoms with Crippen LogP contribution in [-0.2, 0) is 0 Å².